The van der Waals surface area contributed by atoms with Crippen LogP contribution >= 0.6 is 0 Å². The summed E-state index contributed by atoms with van der Waals surface area (Å²) in [7, 11) is 0. The van der Waals surface area contributed by atoms with Gasteiger partial charge in [0.25, 0.3) is 5.56 Å². The molecule has 0 amide bonds. The minimum absolute atomic E-state index is 0.254. The molecule has 0 saturated carbocycles. The number of carbonyl (C=O) groups is 1. The maximum Gasteiger partial charge on any atom is 0.376 e. The third kappa shape index (κ3) is 2.73. The summed E-state index contributed by atoms with van der Waals surface area (Å²) in [5.74, 6) is -1.13. The molecule has 0 radical (unpaired) electrons. The minimum Gasteiger partial charge on any atom is -0.449 e. The van der Waals surface area contributed by atoms with Gasteiger partial charge in [-0.15, -0.1) is 5.10 Å². The summed E-state index contributed by atoms with van der Waals surface area (Å²) >= 11 is 0. The second kappa shape index (κ2) is 6.25. The van der Waals surface area contributed by atoms with Gasteiger partial charge in [-0.3, -0.25) is 9.59 Å². The highest BCUT2D eigenvalue weighted by molar-refractivity contribution is 5.88. The first kappa shape index (κ1) is 15.7. The molecule has 2 aromatic heterocycles. The van der Waals surface area contributed by atoms with E-state index in [1.807, 2.05) is 0 Å². The lowest BCUT2D eigenvalue weighted by Gasteiger charge is -2.06. The van der Waals surface area contributed by atoms with Crippen molar-refractivity contribution < 1.29 is 13.9 Å². The smallest absolute Gasteiger partial charge is 0.376 e. The van der Waals surface area contributed by atoms with Gasteiger partial charge >= 0.3 is 5.97 Å². The Morgan fingerprint density at radius 2 is 1.77 bits per heavy atom. The van der Waals surface area contributed by atoms with E-state index in [1.54, 1.807) is 48.5 Å². The first-order valence-electron chi connectivity index (χ1n) is 7.66. The number of ether oxygens (including phenoxy) is 1. The van der Waals surface area contributed by atoms with Gasteiger partial charge in [0.2, 0.25) is 5.76 Å². The molecule has 0 unspecified atom stereocenters. The molecule has 8 nitrogen and oxygen atoms in total. The monoisotopic (exact) mass is 349 g/mol. The Hall–Kier alpha value is -3.81. The van der Waals surface area contributed by atoms with Crippen molar-refractivity contribution in [1.29, 1.82) is 0 Å². The van der Waals surface area contributed by atoms with Crippen LogP contribution in [0.2, 0.25) is 0 Å². The number of rotatable bonds is 3. The SMILES string of the molecule is O=C(OCn1nnc2ccccc2c1=O)c1cc(=O)c2ccccc2o1. The Labute approximate surface area is 145 Å². The molecule has 0 atom stereocenters. The molecule has 2 heterocycles. The van der Waals surface area contributed by atoms with E-state index in [1.165, 1.54) is 0 Å². The van der Waals surface area contributed by atoms with E-state index >= 15 is 0 Å². The fourth-order valence-corrected chi connectivity index (χ4v) is 2.50. The largest absolute Gasteiger partial charge is 0.449 e. The van der Waals surface area contributed by atoms with E-state index < -0.39 is 18.3 Å². The Balaban J connectivity index is 1.61. The zero-order valence-electron chi connectivity index (χ0n) is 13.3. The number of para-hydroxylation sites is 1. The van der Waals surface area contributed by atoms with Gasteiger partial charge in [-0.2, -0.15) is 4.68 Å². The summed E-state index contributed by atoms with van der Waals surface area (Å²) in [5.41, 5.74) is -0.0833. The summed E-state index contributed by atoms with van der Waals surface area (Å²) in [6.45, 7) is -0.452. The van der Waals surface area contributed by atoms with E-state index in [9.17, 15) is 14.4 Å². The van der Waals surface area contributed by atoms with Crippen LogP contribution in [0.3, 0.4) is 0 Å². The fourth-order valence-electron chi connectivity index (χ4n) is 2.50. The summed E-state index contributed by atoms with van der Waals surface area (Å²) in [6, 6.07) is 14.3. The molecule has 0 aliphatic carbocycles. The van der Waals surface area contributed by atoms with Gasteiger partial charge in [-0.25, -0.2) is 4.79 Å². The van der Waals surface area contributed by atoms with Crippen molar-refractivity contribution in [3.63, 3.8) is 0 Å². The van der Waals surface area contributed by atoms with Crippen molar-refractivity contribution in [2.45, 2.75) is 6.73 Å². The van der Waals surface area contributed by atoms with Crippen molar-refractivity contribution in [3.8, 4) is 0 Å². The zero-order chi connectivity index (χ0) is 18.1. The van der Waals surface area contributed by atoms with Crippen molar-refractivity contribution in [2.75, 3.05) is 0 Å². The van der Waals surface area contributed by atoms with Crippen molar-refractivity contribution in [3.05, 3.63) is 80.9 Å². The van der Waals surface area contributed by atoms with Gasteiger partial charge in [0.15, 0.2) is 12.2 Å². The molecule has 0 bridgehead atoms. The predicted molar refractivity (Wildman–Crippen MR) is 91.7 cm³/mol. The van der Waals surface area contributed by atoms with Gasteiger partial charge < -0.3 is 9.15 Å². The van der Waals surface area contributed by atoms with Crippen LogP contribution in [0.5, 0.6) is 0 Å². The standard InChI is InChI=1S/C18H11N3O5/c22-14-9-16(26-15-8-4-2-6-12(14)15)18(24)25-10-21-17(23)11-5-1-3-7-13(11)19-20-21/h1-9H,10H2. The highest BCUT2D eigenvalue weighted by atomic mass is 16.6. The molecule has 0 spiro atoms. The number of hydrogen-bond donors (Lipinski definition) is 0. The second-order valence-corrected chi connectivity index (χ2v) is 5.44. The van der Waals surface area contributed by atoms with Crippen LogP contribution in [-0.2, 0) is 11.5 Å². The normalized spacial score (nSPS) is 10.9. The van der Waals surface area contributed by atoms with E-state index in [-0.39, 0.29) is 16.8 Å². The molecule has 0 aliphatic rings. The van der Waals surface area contributed by atoms with Gasteiger partial charge in [0.05, 0.1) is 10.8 Å². The quantitative estimate of drug-likeness (QED) is 0.519. The van der Waals surface area contributed by atoms with Gasteiger partial charge in [0, 0.05) is 6.07 Å². The number of hydrogen-bond acceptors (Lipinski definition) is 7. The van der Waals surface area contributed by atoms with E-state index in [0.717, 1.165) is 10.7 Å². The van der Waals surface area contributed by atoms with Crippen LogP contribution in [0.15, 0.2) is 68.6 Å². The number of aromatic nitrogens is 3. The molecule has 0 fully saturated rings. The molecule has 26 heavy (non-hydrogen) atoms. The molecular formula is C18H11N3O5. The number of esters is 1. The number of nitrogens with zero attached hydrogens (tertiary/aromatic N) is 3. The average molecular weight is 349 g/mol. The highest BCUT2D eigenvalue weighted by Gasteiger charge is 2.15. The number of fused-ring (bicyclic) bond motifs is 2. The molecule has 8 heteroatoms. The zero-order valence-corrected chi connectivity index (χ0v) is 13.3. The second-order valence-electron chi connectivity index (χ2n) is 5.44. The predicted octanol–water partition coefficient (Wildman–Crippen LogP) is 1.71. The van der Waals surface area contributed by atoms with Gasteiger partial charge in [0.1, 0.15) is 11.1 Å². The lowest BCUT2D eigenvalue weighted by Crippen LogP contribution is -2.26. The minimum atomic E-state index is -0.880. The first-order chi connectivity index (χ1) is 12.6. The lowest BCUT2D eigenvalue weighted by atomic mass is 10.2. The molecular weight excluding hydrogens is 338 g/mol. The first-order valence-corrected chi connectivity index (χ1v) is 7.66. The highest BCUT2D eigenvalue weighted by Crippen LogP contribution is 2.12. The van der Waals surface area contributed by atoms with Crippen molar-refractivity contribution in [2.24, 2.45) is 0 Å². The van der Waals surface area contributed by atoms with Crippen LogP contribution in [0, 0.1) is 0 Å². The Bertz CT molecular complexity index is 1260. The Morgan fingerprint density at radius 1 is 1.04 bits per heavy atom. The molecule has 0 N–H and O–H groups in total. The summed E-state index contributed by atoms with van der Waals surface area (Å²) in [4.78, 5) is 36.5. The molecule has 128 valence electrons. The molecule has 0 aliphatic heterocycles. The average Bonchev–Trinajstić information content (AvgIpc) is 2.67. The van der Waals surface area contributed by atoms with Crippen LogP contribution in [0.4, 0.5) is 0 Å². The fraction of sp³-hybridized carbons (Fsp3) is 0.0556. The van der Waals surface area contributed by atoms with Crippen LogP contribution in [0.1, 0.15) is 10.6 Å². The topological polar surface area (TPSA) is 104 Å². The molecule has 4 rings (SSSR count). The van der Waals surface area contributed by atoms with Crippen molar-refractivity contribution >= 4 is 27.8 Å². The van der Waals surface area contributed by atoms with Crippen molar-refractivity contribution in [1.82, 2.24) is 15.0 Å². The third-order valence-electron chi connectivity index (χ3n) is 3.78. The third-order valence-corrected chi connectivity index (χ3v) is 3.78. The van der Waals surface area contributed by atoms with E-state index in [0.29, 0.717) is 16.3 Å². The molecule has 0 saturated heterocycles. The molecule has 4 aromatic rings. The van der Waals surface area contributed by atoms with Gasteiger partial charge in [-0.05, 0) is 24.3 Å². The van der Waals surface area contributed by atoms with E-state index in [4.69, 9.17) is 9.15 Å². The lowest BCUT2D eigenvalue weighted by molar-refractivity contribution is 0.0301. The summed E-state index contributed by atoms with van der Waals surface area (Å²) < 4.78 is 11.3. The summed E-state index contributed by atoms with van der Waals surface area (Å²) in [5, 5.41) is 8.34. The van der Waals surface area contributed by atoms with Crippen LogP contribution in [0.25, 0.3) is 21.9 Å². The number of carbonyl (C=O) groups excluding carboxylic acids is 1. The summed E-state index contributed by atoms with van der Waals surface area (Å²) in [6.07, 6.45) is 0. The Kier molecular flexibility index (Phi) is 3.77. The molecule has 2 aromatic carbocycles. The number of benzene rings is 2. The van der Waals surface area contributed by atoms with Crippen LogP contribution in [-0.4, -0.2) is 21.0 Å². The van der Waals surface area contributed by atoms with E-state index in [2.05, 4.69) is 10.3 Å². The maximum atomic E-state index is 12.3. The Morgan fingerprint density at radius 3 is 2.62 bits per heavy atom. The maximum absolute atomic E-state index is 12.3. The van der Waals surface area contributed by atoms with Gasteiger partial charge in [-0.1, -0.05) is 29.5 Å². The van der Waals surface area contributed by atoms with Crippen LogP contribution < -0.4 is 11.0 Å².